The fraction of sp³-hybridized carbons (Fsp3) is 0.259. The van der Waals surface area contributed by atoms with Crippen molar-refractivity contribution in [2.24, 2.45) is 0 Å². The molecule has 3 aromatic rings. The summed E-state index contributed by atoms with van der Waals surface area (Å²) in [7, 11) is 0. The summed E-state index contributed by atoms with van der Waals surface area (Å²) < 4.78 is 0. The second-order valence-electron chi connectivity index (χ2n) is 8.48. The molecule has 0 aliphatic carbocycles. The van der Waals surface area contributed by atoms with Crippen LogP contribution in [0.3, 0.4) is 0 Å². The zero-order valence-corrected chi connectivity index (χ0v) is 19.2. The van der Waals surface area contributed by atoms with Gasteiger partial charge in [0.15, 0.2) is 0 Å². The standard InChI is InChI=1S/C27H27N3O2S/c31-26(28-15-14-23(30-16-6-7-17-30)19-8-2-1-3-9-19)20-12-13-25-22(18-20)29-27(32)21-10-4-5-11-24(21)33-25/h1-5,8-13,18,23H,6-7,14-17H2,(H,28,31)(H,29,32). The van der Waals surface area contributed by atoms with Crippen LogP contribution in [0.4, 0.5) is 5.69 Å². The van der Waals surface area contributed by atoms with Crippen LogP contribution in [0, 0.1) is 0 Å². The van der Waals surface area contributed by atoms with Crippen molar-refractivity contribution in [2.75, 3.05) is 25.0 Å². The van der Waals surface area contributed by atoms with E-state index in [1.165, 1.54) is 18.4 Å². The maximum Gasteiger partial charge on any atom is 0.256 e. The molecular formula is C27H27N3O2S. The van der Waals surface area contributed by atoms with E-state index in [1.807, 2.05) is 42.5 Å². The van der Waals surface area contributed by atoms with Crippen LogP contribution < -0.4 is 10.6 Å². The molecule has 6 heteroatoms. The van der Waals surface area contributed by atoms with Crippen molar-refractivity contribution in [2.45, 2.75) is 35.1 Å². The number of amides is 2. The summed E-state index contributed by atoms with van der Waals surface area (Å²) in [5.41, 5.74) is 3.18. The Morgan fingerprint density at radius 2 is 1.73 bits per heavy atom. The lowest BCUT2D eigenvalue weighted by Crippen LogP contribution is -2.31. The highest BCUT2D eigenvalue weighted by Crippen LogP contribution is 2.39. The Labute approximate surface area is 198 Å². The molecule has 2 heterocycles. The number of benzene rings is 3. The molecule has 0 bridgehead atoms. The first-order chi connectivity index (χ1) is 16.2. The van der Waals surface area contributed by atoms with Crippen LogP contribution in [0.2, 0.25) is 0 Å². The summed E-state index contributed by atoms with van der Waals surface area (Å²) in [6.45, 7) is 2.81. The molecule has 0 saturated carbocycles. The minimum atomic E-state index is -0.147. The Bertz CT molecular complexity index is 1160. The third kappa shape index (κ3) is 4.82. The second kappa shape index (κ2) is 9.81. The van der Waals surface area contributed by atoms with Crippen molar-refractivity contribution in [3.05, 3.63) is 89.5 Å². The number of anilines is 1. The van der Waals surface area contributed by atoms with E-state index in [1.54, 1.807) is 17.8 Å². The van der Waals surface area contributed by atoms with Gasteiger partial charge in [-0.15, -0.1) is 0 Å². The molecule has 2 amide bonds. The molecule has 1 unspecified atom stereocenters. The van der Waals surface area contributed by atoms with Gasteiger partial charge >= 0.3 is 0 Å². The minimum Gasteiger partial charge on any atom is -0.352 e. The van der Waals surface area contributed by atoms with Crippen molar-refractivity contribution in [1.29, 1.82) is 0 Å². The Morgan fingerprint density at radius 1 is 0.970 bits per heavy atom. The summed E-state index contributed by atoms with van der Waals surface area (Å²) in [5, 5.41) is 6.05. The van der Waals surface area contributed by atoms with E-state index in [-0.39, 0.29) is 11.8 Å². The summed E-state index contributed by atoms with van der Waals surface area (Å²) in [6.07, 6.45) is 3.33. The van der Waals surface area contributed by atoms with Gasteiger partial charge in [0.2, 0.25) is 0 Å². The molecule has 2 aliphatic heterocycles. The average molecular weight is 458 g/mol. The van der Waals surface area contributed by atoms with Gasteiger partial charge in [-0.1, -0.05) is 54.2 Å². The molecule has 168 valence electrons. The monoisotopic (exact) mass is 457 g/mol. The smallest absolute Gasteiger partial charge is 0.256 e. The van der Waals surface area contributed by atoms with Crippen LogP contribution >= 0.6 is 11.8 Å². The number of carbonyl (C=O) groups is 2. The van der Waals surface area contributed by atoms with Gasteiger partial charge in [0.05, 0.1) is 11.3 Å². The van der Waals surface area contributed by atoms with E-state index < -0.39 is 0 Å². The third-order valence-electron chi connectivity index (χ3n) is 6.31. The molecule has 5 nitrogen and oxygen atoms in total. The van der Waals surface area contributed by atoms with E-state index in [2.05, 4.69) is 39.8 Å². The van der Waals surface area contributed by atoms with Crippen LogP contribution in [0.25, 0.3) is 0 Å². The number of carbonyl (C=O) groups excluding carboxylic acids is 2. The predicted octanol–water partition coefficient (Wildman–Crippen LogP) is 5.36. The molecule has 3 aromatic carbocycles. The first-order valence-corrected chi connectivity index (χ1v) is 12.3. The fourth-order valence-electron chi connectivity index (χ4n) is 4.62. The summed E-state index contributed by atoms with van der Waals surface area (Å²) in [5.74, 6) is -0.266. The fourth-order valence-corrected chi connectivity index (χ4v) is 5.63. The highest BCUT2D eigenvalue weighted by molar-refractivity contribution is 7.99. The first-order valence-electron chi connectivity index (χ1n) is 11.5. The number of hydrogen-bond acceptors (Lipinski definition) is 4. The van der Waals surface area contributed by atoms with Gasteiger partial charge in [-0.3, -0.25) is 14.5 Å². The van der Waals surface area contributed by atoms with Crippen LogP contribution in [-0.4, -0.2) is 36.3 Å². The van der Waals surface area contributed by atoms with Crippen molar-refractivity contribution in [3.63, 3.8) is 0 Å². The van der Waals surface area contributed by atoms with Gasteiger partial charge < -0.3 is 10.6 Å². The third-order valence-corrected chi connectivity index (χ3v) is 7.46. The van der Waals surface area contributed by atoms with E-state index in [0.29, 0.717) is 29.4 Å². The van der Waals surface area contributed by atoms with Gasteiger partial charge in [-0.25, -0.2) is 0 Å². The molecule has 0 spiro atoms. The highest BCUT2D eigenvalue weighted by Gasteiger charge is 2.24. The molecular weight excluding hydrogens is 430 g/mol. The molecule has 5 rings (SSSR count). The van der Waals surface area contributed by atoms with Crippen LogP contribution in [0.15, 0.2) is 82.6 Å². The zero-order valence-electron chi connectivity index (χ0n) is 18.4. The number of rotatable bonds is 6. The molecule has 2 aliphatic rings. The normalized spacial score (nSPS) is 16.3. The maximum absolute atomic E-state index is 12.9. The number of nitrogens with one attached hydrogen (secondary N) is 2. The van der Waals surface area contributed by atoms with E-state index >= 15 is 0 Å². The van der Waals surface area contributed by atoms with Crippen LogP contribution in [0.5, 0.6) is 0 Å². The number of likely N-dealkylation sites (tertiary alicyclic amines) is 1. The number of nitrogens with zero attached hydrogens (tertiary/aromatic N) is 1. The highest BCUT2D eigenvalue weighted by atomic mass is 32.2. The second-order valence-corrected chi connectivity index (χ2v) is 9.56. The molecule has 2 N–H and O–H groups in total. The van der Waals surface area contributed by atoms with E-state index in [0.717, 1.165) is 29.3 Å². The van der Waals surface area contributed by atoms with Gasteiger partial charge in [0, 0.05) is 27.9 Å². The predicted molar refractivity (Wildman–Crippen MR) is 132 cm³/mol. The molecule has 1 atom stereocenters. The Balaban J connectivity index is 1.26. The van der Waals surface area contributed by atoms with Crippen molar-refractivity contribution in [3.8, 4) is 0 Å². The summed E-state index contributed by atoms with van der Waals surface area (Å²) in [6, 6.07) is 23.9. The van der Waals surface area contributed by atoms with Crippen molar-refractivity contribution in [1.82, 2.24) is 10.2 Å². The van der Waals surface area contributed by atoms with Gasteiger partial charge in [0.1, 0.15) is 0 Å². The summed E-state index contributed by atoms with van der Waals surface area (Å²) >= 11 is 1.54. The molecule has 0 aromatic heterocycles. The Kier molecular flexibility index (Phi) is 6.46. The van der Waals surface area contributed by atoms with Crippen LogP contribution in [0.1, 0.15) is 51.6 Å². The minimum absolute atomic E-state index is 0.118. The Hall–Kier alpha value is -3.09. The SMILES string of the molecule is O=C(NCCC(c1ccccc1)N1CCCC1)c1ccc2c(c1)NC(=O)c1ccccc1S2. The van der Waals surface area contributed by atoms with Crippen molar-refractivity contribution < 1.29 is 9.59 Å². The molecule has 1 saturated heterocycles. The Morgan fingerprint density at radius 3 is 2.55 bits per heavy atom. The average Bonchev–Trinajstić information content (AvgIpc) is 3.33. The van der Waals surface area contributed by atoms with Gasteiger partial charge in [-0.05, 0) is 68.2 Å². The molecule has 0 radical (unpaired) electrons. The number of fused-ring (bicyclic) bond motifs is 2. The lowest BCUT2D eigenvalue weighted by molar-refractivity contribution is 0.0947. The number of hydrogen-bond donors (Lipinski definition) is 2. The summed E-state index contributed by atoms with van der Waals surface area (Å²) in [4.78, 5) is 29.9. The maximum atomic E-state index is 12.9. The molecule has 1 fully saturated rings. The van der Waals surface area contributed by atoms with Crippen LogP contribution in [-0.2, 0) is 0 Å². The lowest BCUT2D eigenvalue weighted by Gasteiger charge is -2.28. The lowest BCUT2D eigenvalue weighted by atomic mass is 10.0. The van der Waals surface area contributed by atoms with Gasteiger partial charge in [0.25, 0.3) is 11.8 Å². The topological polar surface area (TPSA) is 61.4 Å². The van der Waals surface area contributed by atoms with E-state index in [4.69, 9.17) is 0 Å². The van der Waals surface area contributed by atoms with Crippen molar-refractivity contribution >= 4 is 29.3 Å². The largest absolute Gasteiger partial charge is 0.352 e. The van der Waals surface area contributed by atoms with Gasteiger partial charge in [-0.2, -0.15) is 0 Å². The quantitative estimate of drug-likeness (QED) is 0.523. The zero-order chi connectivity index (χ0) is 22.6. The first kappa shape index (κ1) is 21.7. The van der Waals surface area contributed by atoms with E-state index in [9.17, 15) is 9.59 Å². The molecule has 33 heavy (non-hydrogen) atoms.